The number of aliphatic hydroxyl groups is 1. The number of amides is 1. The molecule has 3 heterocycles. The van der Waals surface area contributed by atoms with Crippen molar-refractivity contribution < 1.29 is 23.1 Å². The largest absolute Gasteiger partial charge is 0.444 e. The standard InChI is InChI=1S/C19H20F2N6O3/c20-17(21)16-12(8-23-27-16)25-18(29)13-9-30-19(26-13)10-5-6-22-15(7-10)24-11-3-1-2-4-14(11)28/h5-9,11,14,17,28H,1-4H2,(H,22,24)(H,23,27)(H,25,29)/t11-,14+/m1/s1. The molecule has 4 N–H and O–H groups in total. The lowest BCUT2D eigenvalue weighted by atomic mass is 9.92. The fourth-order valence-corrected chi connectivity index (χ4v) is 3.37. The second-order valence-electron chi connectivity index (χ2n) is 7.02. The third-order valence-electron chi connectivity index (χ3n) is 4.94. The Morgan fingerprint density at radius 1 is 1.33 bits per heavy atom. The van der Waals surface area contributed by atoms with Gasteiger partial charge in [0.2, 0.25) is 5.89 Å². The third-order valence-corrected chi connectivity index (χ3v) is 4.94. The Hall–Kier alpha value is -3.34. The molecule has 1 aliphatic carbocycles. The first kappa shape index (κ1) is 20.0. The Morgan fingerprint density at radius 3 is 2.97 bits per heavy atom. The highest BCUT2D eigenvalue weighted by atomic mass is 19.3. The van der Waals surface area contributed by atoms with Gasteiger partial charge in [-0.25, -0.2) is 18.7 Å². The van der Waals surface area contributed by atoms with Crippen molar-refractivity contribution in [2.45, 2.75) is 44.3 Å². The normalized spacial score (nSPS) is 19.1. The SMILES string of the molecule is O=C(Nc1cn[nH]c1C(F)F)c1coc(-c2ccnc(N[C@@H]3CCCC[C@@H]3O)c2)n1. The van der Waals surface area contributed by atoms with Crippen molar-refractivity contribution in [1.29, 1.82) is 0 Å². The van der Waals surface area contributed by atoms with E-state index < -0.39 is 24.1 Å². The highest BCUT2D eigenvalue weighted by Gasteiger charge is 2.24. The number of nitrogens with zero attached hydrogens (tertiary/aromatic N) is 3. The number of aromatic amines is 1. The summed E-state index contributed by atoms with van der Waals surface area (Å²) in [5, 5.41) is 21.3. The first-order valence-electron chi connectivity index (χ1n) is 9.50. The molecule has 0 saturated heterocycles. The van der Waals surface area contributed by atoms with Crippen LogP contribution in [0.3, 0.4) is 0 Å². The number of carbonyl (C=O) groups is 1. The lowest BCUT2D eigenvalue weighted by Crippen LogP contribution is -2.36. The maximum atomic E-state index is 12.9. The molecule has 1 saturated carbocycles. The van der Waals surface area contributed by atoms with Crippen LogP contribution >= 0.6 is 0 Å². The second kappa shape index (κ2) is 8.57. The van der Waals surface area contributed by atoms with Crippen LogP contribution in [0.2, 0.25) is 0 Å². The van der Waals surface area contributed by atoms with Crippen LogP contribution < -0.4 is 10.6 Å². The number of pyridine rings is 1. The average molecular weight is 418 g/mol. The number of oxazole rings is 1. The van der Waals surface area contributed by atoms with Crippen molar-refractivity contribution in [3.63, 3.8) is 0 Å². The number of H-pyrrole nitrogens is 1. The maximum absolute atomic E-state index is 12.9. The maximum Gasteiger partial charge on any atom is 0.281 e. The van der Waals surface area contributed by atoms with E-state index in [4.69, 9.17) is 4.42 Å². The Kier molecular flexibility index (Phi) is 5.70. The van der Waals surface area contributed by atoms with Gasteiger partial charge in [0.1, 0.15) is 17.8 Å². The van der Waals surface area contributed by atoms with E-state index in [1.807, 2.05) is 0 Å². The van der Waals surface area contributed by atoms with E-state index in [2.05, 4.69) is 30.8 Å². The molecular weight excluding hydrogens is 398 g/mol. The van der Waals surface area contributed by atoms with Crippen LogP contribution in [0.15, 0.2) is 35.2 Å². The predicted octanol–water partition coefficient (Wildman–Crippen LogP) is 3.37. The lowest BCUT2D eigenvalue weighted by Gasteiger charge is -2.28. The molecule has 3 aromatic rings. The van der Waals surface area contributed by atoms with Gasteiger partial charge in [0.25, 0.3) is 12.3 Å². The van der Waals surface area contributed by atoms with E-state index in [1.54, 1.807) is 18.3 Å². The molecule has 1 amide bonds. The van der Waals surface area contributed by atoms with Crippen molar-refractivity contribution in [3.8, 4) is 11.5 Å². The Morgan fingerprint density at radius 2 is 2.17 bits per heavy atom. The van der Waals surface area contributed by atoms with Crippen LogP contribution in [0.1, 0.15) is 48.3 Å². The van der Waals surface area contributed by atoms with E-state index in [-0.39, 0.29) is 23.3 Å². The zero-order chi connectivity index (χ0) is 21.1. The van der Waals surface area contributed by atoms with Crippen molar-refractivity contribution in [2.75, 3.05) is 10.6 Å². The lowest BCUT2D eigenvalue weighted by molar-refractivity contribution is 0.102. The minimum Gasteiger partial charge on any atom is -0.444 e. The van der Waals surface area contributed by atoms with E-state index in [9.17, 15) is 18.7 Å². The topological polar surface area (TPSA) is 129 Å². The van der Waals surface area contributed by atoms with Crippen LogP contribution in [0.25, 0.3) is 11.5 Å². The van der Waals surface area contributed by atoms with Gasteiger partial charge in [-0.2, -0.15) is 5.10 Å². The summed E-state index contributed by atoms with van der Waals surface area (Å²) in [6, 6.07) is 3.30. The Bertz CT molecular complexity index is 1020. The molecule has 30 heavy (non-hydrogen) atoms. The van der Waals surface area contributed by atoms with Crippen molar-refractivity contribution in [3.05, 3.63) is 42.2 Å². The molecule has 0 radical (unpaired) electrons. The third kappa shape index (κ3) is 4.30. The van der Waals surface area contributed by atoms with Gasteiger partial charge in [-0.15, -0.1) is 0 Å². The number of halogens is 2. The molecule has 1 fully saturated rings. The molecule has 0 spiro atoms. The average Bonchev–Trinajstić information content (AvgIpc) is 3.40. The molecule has 1 aliphatic rings. The predicted molar refractivity (Wildman–Crippen MR) is 103 cm³/mol. The summed E-state index contributed by atoms with van der Waals surface area (Å²) in [5.41, 5.74) is -0.100. The summed E-state index contributed by atoms with van der Waals surface area (Å²) in [7, 11) is 0. The number of nitrogens with one attached hydrogen (secondary N) is 3. The molecule has 2 atom stereocenters. The summed E-state index contributed by atoms with van der Waals surface area (Å²) >= 11 is 0. The molecule has 9 nitrogen and oxygen atoms in total. The van der Waals surface area contributed by atoms with Gasteiger partial charge in [-0.1, -0.05) is 12.8 Å². The summed E-state index contributed by atoms with van der Waals surface area (Å²) in [5.74, 6) is 0.0322. The van der Waals surface area contributed by atoms with Gasteiger partial charge in [0, 0.05) is 11.8 Å². The summed E-state index contributed by atoms with van der Waals surface area (Å²) < 4.78 is 31.2. The van der Waals surface area contributed by atoms with E-state index in [1.165, 1.54) is 0 Å². The summed E-state index contributed by atoms with van der Waals surface area (Å²) in [6.07, 6.45) is 4.22. The molecule has 0 bridgehead atoms. The summed E-state index contributed by atoms with van der Waals surface area (Å²) in [4.78, 5) is 20.7. The fraction of sp³-hybridized carbons (Fsp3) is 0.368. The molecule has 0 aromatic carbocycles. The van der Waals surface area contributed by atoms with Gasteiger partial charge in [-0.05, 0) is 25.0 Å². The van der Waals surface area contributed by atoms with Crippen molar-refractivity contribution >= 4 is 17.4 Å². The number of hydrogen-bond donors (Lipinski definition) is 4. The number of aromatic nitrogens is 4. The van der Waals surface area contributed by atoms with Gasteiger partial charge in [0.15, 0.2) is 5.69 Å². The number of hydrogen-bond acceptors (Lipinski definition) is 7. The Labute approximate surface area is 169 Å². The van der Waals surface area contributed by atoms with Gasteiger partial charge >= 0.3 is 0 Å². The van der Waals surface area contributed by atoms with E-state index in [0.29, 0.717) is 11.4 Å². The zero-order valence-electron chi connectivity index (χ0n) is 15.8. The highest BCUT2D eigenvalue weighted by molar-refractivity contribution is 6.03. The smallest absolute Gasteiger partial charge is 0.281 e. The van der Waals surface area contributed by atoms with E-state index >= 15 is 0 Å². The first-order valence-corrected chi connectivity index (χ1v) is 9.50. The van der Waals surface area contributed by atoms with Crippen LogP contribution in [0.5, 0.6) is 0 Å². The number of alkyl halides is 2. The zero-order valence-corrected chi connectivity index (χ0v) is 15.8. The molecule has 158 valence electrons. The van der Waals surface area contributed by atoms with Gasteiger partial charge < -0.3 is 20.2 Å². The monoisotopic (exact) mass is 418 g/mol. The van der Waals surface area contributed by atoms with Crippen molar-refractivity contribution in [1.82, 2.24) is 20.2 Å². The van der Waals surface area contributed by atoms with Gasteiger partial charge in [-0.3, -0.25) is 9.89 Å². The highest BCUT2D eigenvalue weighted by Crippen LogP contribution is 2.26. The van der Waals surface area contributed by atoms with Crippen molar-refractivity contribution in [2.24, 2.45) is 0 Å². The molecule has 0 unspecified atom stereocenters. The fourth-order valence-electron chi connectivity index (χ4n) is 3.37. The van der Waals surface area contributed by atoms with Crippen LogP contribution in [-0.2, 0) is 0 Å². The van der Waals surface area contributed by atoms with E-state index in [0.717, 1.165) is 38.1 Å². The Balaban J connectivity index is 1.47. The molecular formula is C19H20F2N6O3. The van der Waals surface area contributed by atoms with Crippen LogP contribution in [0.4, 0.5) is 20.3 Å². The van der Waals surface area contributed by atoms with Crippen LogP contribution in [-0.4, -0.2) is 43.3 Å². The molecule has 3 aromatic heterocycles. The number of aliphatic hydroxyl groups excluding tert-OH is 1. The first-order chi connectivity index (χ1) is 14.5. The number of rotatable bonds is 6. The second-order valence-corrected chi connectivity index (χ2v) is 7.02. The number of carbonyl (C=O) groups excluding carboxylic acids is 1. The quantitative estimate of drug-likeness (QED) is 0.483. The number of anilines is 2. The summed E-state index contributed by atoms with van der Waals surface area (Å²) in [6.45, 7) is 0. The minimum absolute atomic E-state index is 0.0690. The van der Waals surface area contributed by atoms with Gasteiger partial charge in [0.05, 0.1) is 24.0 Å². The van der Waals surface area contributed by atoms with Crippen LogP contribution in [0, 0.1) is 0 Å². The minimum atomic E-state index is -2.80. The molecule has 0 aliphatic heterocycles. The molecule has 4 rings (SSSR count). The molecule has 11 heteroatoms.